The van der Waals surface area contributed by atoms with Gasteiger partial charge < -0.3 is 10.5 Å². The number of ether oxygens (including phenoxy) is 1. The zero-order valence-electron chi connectivity index (χ0n) is 11.1. The molecule has 1 aliphatic heterocycles. The predicted octanol–water partition coefficient (Wildman–Crippen LogP) is 4.36. The molecule has 2 aromatic carbocycles. The van der Waals surface area contributed by atoms with E-state index in [1.807, 2.05) is 18.2 Å². The van der Waals surface area contributed by atoms with Crippen LogP contribution >= 0.6 is 23.2 Å². The van der Waals surface area contributed by atoms with Crippen molar-refractivity contribution in [2.24, 2.45) is 5.73 Å². The molecule has 0 fully saturated rings. The minimum Gasteiger partial charge on any atom is -0.490 e. The van der Waals surface area contributed by atoms with E-state index in [0.29, 0.717) is 10.0 Å². The second-order valence-corrected chi connectivity index (χ2v) is 5.99. The average Bonchev–Trinajstić information content (AvgIpc) is 2.79. The fraction of sp³-hybridized carbons (Fsp3) is 0.250. The van der Waals surface area contributed by atoms with Gasteiger partial charge in [-0.1, -0.05) is 35.3 Å². The van der Waals surface area contributed by atoms with Crippen LogP contribution in [0.4, 0.5) is 0 Å². The lowest BCUT2D eigenvalue weighted by Crippen LogP contribution is -2.12. The maximum Gasteiger partial charge on any atom is 0.123 e. The molecule has 104 valence electrons. The first-order chi connectivity index (χ1) is 9.54. The Morgan fingerprint density at radius 1 is 1.20 bits per heavy atom. The molecule has 0 spiro atoms. The Labute approximate surface area is 128 Å². The summed E-state index contributed by atoms with van der Waals surface area (Å²) in [7, 11) is 0. The predicted molar refractivity (Wildman–Crippen MR) is 82.7 cm³/mol. The molecule has 0 saturated carbocycles. The van der Waals surface area contributed by atoms with Gasteiger partial charge in [-0.2, -0.15) is 0 Å². The van der Waals surface area contributed by atoms with Crippen LogP contribution in [0.25, 0.3) is 0 Å². The molecule has 20 heavy (non-hydrogen) atoms. The van der Waals surface area contributed by atoms with Gasteiger partial charge in [-0.15, -0.1) is 0 Å². The number of hydrogen-bond acceptors (Lipinski definition) is 2. The van der Waals surface area contributed by atoms with Gasteiger partial charge in [0.15, 0.2) is 0 Å². The molecule has 2 nitrogen and oxygen atoms in total. The van der Waals surface area contributed by atoms with Crippen molar-refractivity contribution < 1.29 is 4.74 Å². The molecule has 1 heterocycles. The summed E-state index contributed by atoms with van der Waals surface area (Å²) in [5.41, 5.74) is 9.39. The summed E-state index contributed by atoms with van der Waals surface area (Å²) in [6.07, 6.45) is 1.14. The number of hydrogen-bond donors (Lipinski definition) is 1. The molecule has 1 aliphatic rings. The number of nitrogens with two attached hydrogens (primary N) is 1. The fourth-order valence-electron chi connectivity index (χ4n) is 2.57. The first-order valence-corrected chi connectivity index (χ1v) is 7.30. The SMILES string of the molecule is CC1Cc2cc(C(N)c3cc(Cl)ccc3Cl)ccc2O1. The van der Waals surface area contributed by atoms with E-state index in [-0.39, 0.29) is 12.1 Å². The van der Waals surface area contributed by atoms with Gasteiger partial charge in [-0.3, -0.25) is 0 Å². The van der Waals surface area contributed by atoms with E-state index in [0.717, 1.165) is 23.3 Å². The van der Waals surface area contributed by atoms with E-state index in [1.54, 1.807) is 12.1 Å². The highest BCUT2D eigenvalue weighted by Crippen LogP contribution is 2.34. The van der Waals surface area contributed by atoms with Gasteiger partial charge in [-0.05, 0) is 47.9 Å². The van der Waals surface area contributed by atoms with Crippen LogP contribution in [0.3, 0.4) is 0 Å². The van der Waals surface area contributed by atoms with Crippen LogP contribution in [0, 0.1) is 0 Å². The molecule has 0 aromatic heterocycles. The van der Waals surface area contributed by atoms with E-state index in [9.17, 15) is 0 Å². The van der Waals surface area contributed by atoms with Gasteiger partial charge in [0.05, 0.1) is 6.04 Å². The maximum absolute atomic E-state index is 6.33. The summed E-state index contributed by atoms with van der Waals surface area (Å²) in [5, 5.41) is 1.27. The third kappa shape index (κ3) is 2.51. The first kappa shape index (κ1) is 13.7. The quantitative estimate of drug-likeness (QED) is 0.894. The lowest BCUT2D eigenvalue weighted by atomic mass is 9.97. The minimum atomic E-state index is -0.289. The second kappa shape index (κ2) is 5.28. The van der Waals surface area contributed by atoms with Crippen molar-refractivity contribution >= 4 is 23.2 Å². The van der Waals surface area contributed by atoms with Crippen molar-refractivity contribution in [1.29, 1.82) is 0 Å². The van der Waals surface area contributed by atoms with Gasteiger partial charge in [0, 0.05) is 16.5 Å². The molecule has 0 saturated heterocycles. The molecule has 0 amide bonds. The molecule has 3 rings (SSSR count). The standard InChI is InChI=1S/C16H15Cl2NO/c1-9-6-11-7-10(2-5-15(11)20-9)16(19)13-8-12(17)3-4-14(13)18/h2-5,7-9,16H,6,19H2,1H3. The molecule has 4 heteroatoms. The highest BCUT2D eigenvalue weighted by molar-refractivity contribution is 6.33. The number of fused-ring (bicyclic) bond motifs is 1. The van der Waals surface area contributed by atoms with Crippen LogP contribution in [0.5, 0.6) is 5.75 Å². The van der Waals surface area contributed by atoms with Crippen molar-refractivity contribution in [3.05, 3.63) is 63.1 Å². The van der Waals surface area contributed by atoms with Gasteiger partial charge in [0.2, 0.25) is 0 Å². The van der Waals surface area contributed by atoms with E-state index >= 15 is 0 Å². The second-order valence-electron chi connectivity index (χ2n) is 5.14. The van der Waals surface area contributed by atoms with Crippen LogP contribution < -0.4 is 10.5 Å². The Balaban J connectivity index is 1.97. The Morgan fingerprint density at radius 3 is 2.80 bits per heavy atom. The van der Waals surface area contributed by atoms with Crippen LogP contribution in [0.1, 0.15) is 29.7 Å². The monoisotopic (exact) mass is 307 g/mol. The van der Waals surface area contributed by atoms with Crippen molar-refractivity contribution in [1.82, 2.24) is 0 Å². The summed E-state index contributed by atoms with van der Waals surface area (Å²) < 4.78 is 5.70. The molecule has 2 N–H and O–H groups in total. The van der Waals surface area contributed by atoms with Crippen molar-refractivity contribution in [2.45, 2.75) is 25.5 Å². The fourth-order valence-corrected chi connectivity index (χ4v) is 2.98. The van der Waals surface area contributed by atoms with Gasteiger partial charge in [0.25, 0.3) is 0 Å². The minimum absolute atomic E-state index is 0.228. The molecule has 2 aromatic rings. The Morgan fingerprint density at radius 2 is 2.00 bits per heavy atom. The average molecular weight is 308 g/mol. The lowest BCUT2D eigenvalue weighted by molar-refractivity contribution is 0.254. The number of rotatable bonds is 2. The third-order valence-corrected chi connectivity index (χ3v) is 4.15. The maximum atomic E-state index is 6.33. The topological polar surface area (TPSA) is 35.2 Å². The summed E-state index contributed by atoms with van der Waals surface area (Å²) in [5.74, 6) is 0.950. The van der Waals surface area contributed by atoms with Gasteiger partial charge in [0.1, 0.15) is 11.9 Å². The normalized spacial score (nSPS) is 18.5. The van der Waals surface area contributed by atoms with Crippen LogP contribution in [0.15, 0.2) is 36.4 Å². The zero-order valence-corrected chi connectivity index (χ0v) is 12.6. The largest absolute Gasteiger partial charge is 0.490 e. The summed E-state index contributed by atoms with van der Waals surface area (Å²) in [6, 6.07) is 11.1. The molecular formula is C16H15Cl2NO. The molecule has 0 bridgehead atoms. The van der Waals surface area contributed by atoms with Crippen molar-refractivity contribution in [3.8, 4) is 5.75 Å². The highest BCUT2D eigenvalue weighted by atomic mass is 35.5. The van der Waals surface area contributed by atoms with Crippen LogP contribution in [-0.2, 0) is 6.42 Å². The zero-order chi connectivity index (χ0) is 14.3. The summed E-state index contributed by atoms with van der Waals surface area (Å²) >= 11 is 12.2. The van der Waals surface area contributed by atoms with E-state index in [2.05, 4.69) is 13.0 Å². The van der Waals surface area contributed by atoms with Crippen molar-refractivity contribution in [2.75, 3.05) is 0 Å². The first-order valence-electron chi connectivity index (χ1n) is 6.54. The third-order valence-electron chi connectivity index (χ3n) is 3.57. The number of halogens is 2. The Kier molecular flexibility index (Phi) is 3.63. The lowest BCUT2D eigenvalue weighted by Gasteiger charge is -2.15. The molecule has 2 atom stereocenters. The van der Waals surface area contributed by atoms with Gasteiger partial charge in [-0.25, -0.2) is 0 Å². The van der Waals surface area contributed by atoms with E-state index in [4.69, 9.17) is 33.7 Å². The highest BCUT2D eigenvalue weighted by Gasteiger charge is 2.21. The van der Waals surface area contributed by atoms with Crippen molar-refractivity contribution in [3.63, 3.8) is 0 Å². The van der Waals surface area contributed by atoms with Gasteiger partial charge >= 0.3 is 0 Å². The van der Waals surface area contributed by atoms with Crippen LogP contribution in [0.2, 0.25) is 10.0 Å². The molecule has 0 radical (unpaired) electrons. The molecule has 0 aliphatic carbocycles. The Bertz CT molecular complexity index is 657. The Hall–Kier alpha value is -1.22. The number of benzene rings is 2. The molecular weight excluding hydrogens is 293 g/mol. The van der Waals surface area contributed by atoms with E-state index < -0.39 is 0 Å². The van der Waals surface area contributed by atoms with Crippen LogP contribution in [-0.4, -0.2) is 6.10 Å². The molecule has 2 unspecified atom stereocenters. The van der Waals surface area contributed by atoms with E-state index in [1.165, 1.54) is 5.56 Å². The summed E-state index contributed by atoms with van der Waals surface area (Å²) in [4.78, 5) is 0. The smallest absolute Gasteiger partial charge is 0.123 e. The summed E-state index contributed by atoms with van der Waals surface area (Å²) in [6.45, 7) is 2.06.